The number of rotatable bonds is 7. The highest BCUT2D eigenvalue weighted by Gasteiger charge is 2.43. The number of anilines is 1. The molecule has 0 bridgehead atoms. The molecule has 4 nitrogen and oxygen atoms in total. The molecule has 2 aromatic carbocycles. The third-order valence-corrected chi connectivity index (χ3v) is 7.65. The topological polar surface area (TPSA) is 41.6 Å². The number of amides is 1. The van der Waals surface area contributed by atoms with Crippen molar-refractivity contribution in [2.24, 2.45) is 5.92 Å². The number of nitrogens with one attached hydrogen (secondary N) is 1. The first-order valence-corrected chi connectivity index (χ1v) is 12.8. The molecule has 1 heterocycles. The minimum absolute atomic E-state index is 0.0943. The van der Waals surface area contributed by atoms with Crippen molar-refractivity contribution in [1.82, 2.24) is 4.90 Å². The van der Waals surface area contributed by atoms with Crippen LogP contribution in [0.1, 0.15) is 38.2 Å². The molecule has 0 aromatic heterocycles. The predicted octanol–water partition coefficient (Wildman–Crippen LogP) is 6.90. The summed E-state index contributed by atoms with van der Waals surface area (Å²) in [7, 11) is 0. The standard InChI is InChI=1S/C26H29BrN2O2S/c1-3-15-31-23-14-13-20(27)16-19(23)17-24-25(30)29(22-12-8-7-9-18(22)2)26(32-24)28-21-10-5-4-6-11-21/h3-6,10-11,13-14,16-18,22,26,28H,1,7-9,12,15H2,2H3/b24-17-/t18-,22-,26?/m0/s1. The van der Waals surface area contributed by atoms with Crippen LogP contribution in [0.15, 0.2) is 70.6 Å². The summed E-state index contributed by atoms with van der Waals surface area (Å²) in [6, 6.07) is 16.2. The highest BCUT2D eigenvalue weighted by molar-refractivity contribution is 9.10. The molecule has 168 valence electrons. The number of hydrogen-bond acceptors (Lipinski definition) is 4. The zero-order valence-corrected chi connectivity index (χ0v) is 20.7. The fourth-order valence-electron chi connectivity index (χ4n) is 4.42. The molecule has 32 heavy (non-hydrogen) atoms. The Morgan fingerprint density at radius 3 is 2.75 bits per heavy atom. The van der Waals surface area contributed by atoms with Gasteiger partial charge in [0.05, 0.1) is 4.91 Å². The molecular weight excluding hydrogens is 484 g/mol. The number of ether oxygens (including phenoxy) is 1. The molecule has 2 aliphatic rings. The number of nitrogens with zero attached hydrogens (tertiary/aromatic N) is 1. The fourth-order valence-corrected chi connectivity index (χ4v) is 6.00. The van der Waals surface area contributed by atoms with Crippen LogP contribution in [0.25, 0.3) is 6.08 Å². The van der Waals surface area contributed by atoms with Gasteiger partial charge in [0.1, 0.15) is 12.4 Å². The lowest BCUT2D eigenvalue weighted by Gasteiger charge is -2.39. The number of benzene rings is 2. The van der Waals surface area contributed by atoms with E-state index < -0.39 is 0 Å². The molecule has 1 amide bonds. The molecule has 2 aromatic rings. The molecule has 1 saturated heterocycles. The van der Waals surface area contributed by atoms with Crippen LogP contribution < -0.4 is 10.1 Å². The van der Waals surface area contributed by atoms with E-state index in [9.17, 15) is 4.79 Å². The molecule has 1 saturated carbocycles. The maximum absolute atomic E-state index is 13.7. The Bertz CT molecular complexity index is 995. The molecule has 1 aliphatic carbocycles. The summed E-state index contributed by atoms with van der Waals surface area (Å²) in [6.07, 6.45) is 8.32. The summed E-state index contributed by atoms with van der Waals surface area (Å²) in [6.45, 7) is 6.43. The SMILES string of the molecule is C=CCOc1ccc(Br)cc1/C=C1\SC(Nc2ccccc2)N([C@H]2CCCC[C@@H]2C)C1=O. The lowest BCUT2D eigenvalue weighted by atomic mass is 9.85. The van der Waals surface area contributed by atoms with Crippen LogP contribution in [0.3, 0.4) is 0 Å². The largest absolute Gasteiger partial charge is 0.489 e. The van der Waals surface area contributed by atoms with Gasteiger partial charge in [-0.2, -0.15) is 0 Å². The van der Waals surface area contributed by atoms with Crippen LogP contribution in [0, 0.1) is 5.92 Å². The Morgan fingerprint density at radius 1 is 1.22 bits per heavy atom. The number of para-hydroxylation sites is 1. The molecular formula is C26H29BrN2O2S. The molecule has 4 rings (SSSR count). The van der Waals surface area contributed by atoms with Gasteiger partial charge in [-0.25, -0.2) is 0 Å². The normalized spacial score (nSPS) is 24.6. The first-order valence-electron chi connectivity index (χ1n) is 11.1. The first kappa shape index (κ1) is 23.0. The maximum atomic E-state index is 13.7. The van der Waals surface area contributed by atoms with Gasteiger partial charge in [0.15, 0.2) is 5.50 Å². The second kappa shape index (κ2) is 10.6. The van der Waals surface area contributed by atoms with Gasteiger partial charge in [-0.05, 0) is 55.2 Å². The lowest BCUT2D eigenvalue weighted by molar-refractivity contribution is -0.129. The van der Waals surface area contributed by atoms with E-state index in [1.54, 1.807) is 17.8 Å². The van der Waals surface area contributed by atoms with E-state index in [-0.39, 0.29) is 17.4 Å². The Hall–Kier alpha value is -2.18. The highest BCUT2D eigenvalue weighted by atomic mass is 79.9. The van der Waals surface area contributed by atoms with Crippen LogP contribution >= 0.6 is 27.7 Å². The predicted molar refractivity (Wildman–Crippen MR) is 138 cm³/mol. The maximum Gasteiger partial charge on any atom is 0.262 e. The molecule has 1 aliphatic heterocycles. The minimum Gasteiger partial charge on any atom is -0.489 e. The van der Waals surface area contributed by atoms with E-state index >= 15 is 0 Å². The van der Waals surface area contributed by atoms with Gasteiger partial charge < -0.3 is 15.0 Å². The summed E-state index contributed by atoms with van der Waals surface area (Å²) in [4.78, 5) is 16.5. The number of carbonyl (C=O) groups is 1. The summed E-state index contributed by atoms with van der Waals surface area (Å²) in [5.74, 6) is 1.33. The molecule has 0 spiro atoms. The third-order valence-electron chi connectivity index (χ3n) is 6.04. The average molecular weight is 514 g/mol. The zero-order chi connectivity index (χ0) is 22.5. The van der Waals surface area contributed by atoms with Crippen molar-refractivity contribution in [2.45, 2.75) is 44.1 Å². The van der Waals surface area contributed by atoms with Gasteiger partial charge in [-0.15, -0.1) is 0 Å². The van der Waals surface area contributed by atoms with E-state index in [1.807, 2.05) is 54.6 Å². The van der Waals surface area contributed by atoms with Gasteiger partial charge in [0.2, 0.25) is 0 Å². The van der Waals surface area contributed by atoms with Crippen LogP contribution in [-0.2, 0) is 4.79 Å². The van der Waals surface area contributed by atoms with Crippen LogP contribution in [0.5, 0.6) is 5.75 Å². The zero-order valence-electron chi connectivity index (χ0n) is 18.3. The smallest absolute Gasteiger partial charge is 0.262 e. The van der Waals surface area contributed by atoms with Crippen LogP contribution in [0.2, 0.25) is 0 Å². The molecule has 2 fully saturated rings. The van der Waals surface area contributed by atoms with Gasteiger partial charge in [-0.1, -0.05) is 78.3 Å². The van der Waals surface area contributed by atoms with Crippen molar-refractivity contribution in [1.29, 1.82) is 0 Å². The van der Waals surface area contributed by atoms with Crippen LogP contribution in [-0.4, -0.2) is 29.0 Å². The van der Waals surface area contributed by atoms with Gasteiger partial charge in [0.25, 0.3) is 5.91 Å². The fraction of sp³-hybridized carbons (Fsp3) is 0.346. The highest BCUT2D eigenvalue weighted by Crippen LogP contribution is 2.43. The Labute approximate surface area is 203 Å². The van der Waals surface area contributed by atoms with Gasteiger partial charge in [0, 0.05) is 21.8 Å². The van der Waals surface area contributed by atoms with Crippen LogP contribution in [0.4, 0.5) is 5.69 Å². The second-order valence-electron chi connectivity index (χ2n) is 8.31. The number of carbonyl (C=O) groups excluding carboxylic acids is 1. The van der Waals surface area contributed by atoms with Crippen molar-refractivity contribution in [3.63, 3.8) is 0 Å². The Balaban J connectivity index is 1.67. The van der Waals surface area contributed by atoms with Gasteiger partial charge in [-0.3, -0.25) is 4.79 Å². The number of halogens is 1. The summed E-state index contributed by atoms with van der Waals surface area (Å²) in [5.41, 5.74) is 1.77. The number of hydrogen-bond donors (Lipinski definition) is 1. The summed E-state index contributed by atoms with van der Waals surface area (Å²) >= 11 is 5.13. The van der Waals surface area contributed by atoms with Gasteiger partial charge >= 0.3 is 0 Å². The van der Waals surface area contributed by atoms with Crippen molar-refractivity contribution in [3.8, 4) is 5.75 Å². The van der Waals surface area contributed by atoms with Crippen molar-refractivity contribution in [2.75, 3.05) is 11.9 Å². The quantitative estimate of drug-likeness (QED) is 0.323. The van der Waals surface area contributed by atoms with E-state index in [2.05, 4.69) is 39.6 Å². The van der Waals surface area contributed by atoms with Crippen molar-refractivity contribution >= 4 is 45.4 Å². The third kappa shape index (κ3) is 5.24. The van der Waals surface area contributed by atoms with Crippen molar-refractivity contribution < 1.29 is 9.53 Å². The first-order chi connectivity index (χ1) is 15.6. The summed E-state index contributed by atoms with van der Waals surface area (Å²) < 4.78 is 6.78. The number of thioether (sulfide) groups is 1. The van der Waals surface area contributed by atoms with E-state index in [0.29, 0.717) is 12.5 Å². The Morgan fingerprint density at radius 2 is 2.00 bits per heavy atom. The van der Waals surface area contributed by atoms with E-state index in [1.165, 1.54) is 19.3 Å². The Kier molecular flexibility index (Phi) is 7.63. The van der Waals surface area contributed by atoms with E-state index in [0.717, 1.165) is 32.8 Å². The second-order valence-corrected chi connectivity index (χ2v) is 10.4. The van der Waals surface area contributed by atoms with E-state index in [4.69, 9.17) is 4.74 Å². The average Bonchev–Trinajstić information content (AvgIpc) is 3.09. The minimum atomic E-state index is -0.133. The molecule has 3 atom stereocenters. The monoisotopic (exact) mass is 512 g/mol. The molecule has 1 N–H and O–H groups in total. The van der Waals surface area contributed by atoms with Crippen molar-refractivity contribution in [3.05, 3.63) is 76.1 Å². The molecule has 0 radical (unpaired) electrons. The molecule has 1 unspecified atom stereocenters. The molecule has 6 heteroatoms. The lowest BCUT2D eigenvalue weighted by Crippen LogP contribution is -2.48. The summed E-state index contributed by atoms with van der Waals surface area (Å²) in [5, 5.41) is 3.59.